The summed E-state index contributed by atoms with van der Waals surface area (Å²) in [6, 6.07) is 2.87. The van der Waals surface area contributed by atoms with Crippen LogP contribution in [0.1, 0.15) is 25.7 Å². The van der Waals surface area contributed by atoms with E-state index in [0.717, 1.165) is 12.8 Å². The third kappa shape index (κ3) is 4.68. The molecule has 1 aromatic carbocycles. The van der Waals surface area contributed by atoms with E-state index >= 15 is 0 Å². The molecule has 0 aliphatic carbocycles. The second-order valence-corrected chi connectivity index (χ2v) is 7.85. The average Bonchev–Trinajstić information content (AvgIpc) is 3.07. The Morgan fingerprint density at radius 2 is 2.07 bits per heavy atom. The van der Waals surface area contributed by atoms with Gasteiger partial charge in [-0.1, -0.05) is 23.2 Å². The van der Waals surface area contributed by atoms with E-state index in [-0.39, 0.29) is 17.9 Å². The van der Waals surface area contributed by atoms with Crippen molar-refractivity contribution in [2.75, 3.05) is 18.4 Å². The second kappa shape index (κ2) is 8.98. The number of carbonyl (C=O) groups excluding carboxylic acids is 3. The number of amides is 4. The number of urea groups is 1. The van der Waals surface area contributed by atoms with Crippen LogP contribution in [0.2, 0.25) is 10.0 Å². The largest absolute Gasteiger partial charge is 0.343 e. The molecular weight excluding hydrogens is 405 g/mol. The van der Waals surface area contributed by atoms with E-state index in [1.54, 1.807) is 23.1 Å². The van der Waals surface area contributed by atoms with E-state index in [1.807, 2.05) is 0 Å². The number of nitrogens with two attached hydrogens (primary N) is 1. The first-order valence-corrected chi connectivity index (χ1v) is 9.98. The third-order valence-corrected chi connectivity index (χ3v) is 5.52. The van der Waals surface area contributed by atoms with Crippen molar-refractivity contribution < 1.29 is 14.4 Å². The molecule has 0 unspecified atom stereocenters. The lowest BCUT2D eigenvalue weighted by atomic mass is 10.0. The monoisotopic (exact) mass is 427 g/mol. The van der Waals surface area contributed by atoms with Crippen LogP contribution < -0.4 is 21.7 Å². The van der Waals surface area contributed by atoms with Crippen LogP contribution in [-0.4, -0.2) is 54.0 Å². The fourth-order valence-corrected chi connectivity index (χ4v) is 3.92. The molecule has 2 saturated heterocycles. The zero-order valence-corrected chi connectivity index (χ0v) is 16.7. The molecule has 3 atom stereocenters. The highest BCUT2D eigenvalue weighted by atomic mass is 35.5. The first-order chi connectivity index (χ1) is 13.4. The number of hydrogen-bond acceptors (Lipinski definition) is 4. The minimum atomic E-state index is -0.557. The molecule has 0 radical (unpaired) electrons. The van der Waals surface area contributed by atoms with Crippen LogP contribution in [0.4, 0.5) is 10.5 Å². The summed E-state index contributed by atoms with van der Waals surface area (Å²) < 4.78 is 0. The van der Waals surface area contributed by atoms with E-state index in [9.17, 15) is 14.4 Å². The topological polar surface area (TPSA) is 117 Å². The van der Waals surface area contributed by atoms with Crippen molar-refractivity contribution in [3.8, 4) is 0 Å². The number of fused-ring (bicyclic) bond motifs is 1. The highest BCUT2D eigenvalue weighted by Gasteiger charge is 2.46. The van der Waals surface area contributed by atoms with Crippen molar-refractivity contribution in [1.29, 1.82) is 0 Å². The molecule has 3 rings (SSSR count). The number of anilines is 1. The van der Waals surface area contributed by atoms with Gasteiger partial charge in [0.05, 0.1) is 16.8 Å². The van der Waals surface area contributed by atoms with Crippen LogP contribution in [0.5, 0.6) is 0 Å². The van der Waals surface area contributed by atoms with E-state index < -0.39 is 18.1 Å². The molecule has 0 saturated carbocycles. The summed E-state index contributed by atoms with van der Waals surface area (Å²) in [7, 11) is 0. The third-order valence-electron chi connectivity index (χ3n) is 4.96. The van der Waals surface area contributed by atoms with Gasteiger partial charge in [0, 0.05) is 11.6 Å². The summed E-state index contributed by atoms with van der Waals surface area (Å²) in [6.07, 6.45) is 2.51. The summed E-state index contributed by atoms with van der Waals surface area (Å²) in [5, 5.41) is 9.04. The molecule has 10 heteroatoms. The molecule has 4 amide bonds. The highest BCUT2D eigenvalue weighted by Crippen LogP contribution is 2.26. The van der Waals surface area contributed by atoms with E-state index in [4.69, 9.17) is 28.9 Å². The number of hydrogen-bond donors (Lipinski definition) is 4. The average molecular weight is 428 g/mol. The van der Waals surface area contributed by atoms with Crippen LogP contribution in [0.3, 0.4) is 0 Å². The number of benzene rings is 1. The van der Waals surface area contributed by atoms with Crippen LogP contribution in [-0.2, 0) is 9.59 Å². The summed E-state index contributed by atoms with van der Waals surface area (Å²) in [5.41, 5.74) is 5.87. The molecule has 0 bridgehead atoms. The van der Waals surface area contributed by atoms with Crippen LogP contribution in [0.25, 0.3) is 0 Å². The highest BCUT2D eigenvalue weighted by molar-refractivity contribution is 6.35. The summed E-state index contributed by atoms with van der Waals surface area (Å²) >= 11 is 12.0. The molecule has 2 fully saturated rings. The fraction of sp³-hybridized carbons (Fsp3) is 0.500. The Balaban J connectivity index is 1.58. The number of rotatable bonds is 6. The normalized spacial score (nSPS) is 24.0. The Bertz CT molecular complexity index is 776. The lowest BCUT2D eigenvalue weighted by Gasteiger charge is -2.34. The molecule has 2 aliphatic heterocycles. The van der Waals surface area contributed by atoms with Crippen molar-refractivity contribution in [1.82, 2.24) is 15.5 Å². The van der Waals surface area contributed by atoms with Gasteiger partial charge in [0.1, 0.15) is 12.1 Å². The van der Waals surface area contributed by atoms with Gasteiger partial charge in [0.2, 0.25) is 11.8 Å². The number of unbranched alkanes of at least 4 members (excludes halogenated alkanes) is 1. The predicted octanol–water partition coefficient (Wildman–Crippen LogP) is 1.71. The Hall–Kier alpha value is -2.03. The molecule has 1 aromatic rings. The van der Waals surface area contributed by atoms with E-state index in [2.05, 4.69) is 16.0 Å². The van der Waals surface area contributed by atoms with Crippen molar-refractivity contribution in [3.63, 3.8) is 0 Å². The van der Waals surface area contributed by atoms with Crippen molar-refractivity contribution in [2.45, 2.75) is 43.8 Å². The Morgan fingerprint density at radius 1 is 1.29 bits per heavy atom. The zero-order valence-electron chi connectivity index (χ0n) is 15.2. The standard InChI is InChI=1S/C18H23Cl2N5O3/c19-10-4-5-12(20)14(7-10)24-18(28)22-11-8-15-16(26)23-13(3-1-2-6-21)17(27)25(15)9-11/h4-5,7,11,13,15H,1-3,6,8-9,21H2,(H,23,26)(H2,22,24,28)/t11-,13-,15-/m0/s1. The fourth-order valence-electron chi connectivity index (χ4n) is 3.59. The molecular formula is C18H23Cl2N5O3. The molecule has 5 N–H and O–H groups in total. The van der Waals surface area contributed by atoms with Gasteiger partial charge in [0.25, 0.3) is 0 Å². The zero-order chi connectivity index (χ0) is 20.3. The van der Waals surface area contributed by atoms with Crippen molar-refractivity contribution >= 4 is 46.7 Å². The maximum absolute atomic E-state index is 12.7. The summed E-state index contributed by atoms with van der Waals surface area (Å²) in [5.74, 6) is -0.288. The molecule has 28 heavy (non-hydrogen) atoms. The summed E-state index contributed by atoms with van der Waals surface area (Å²) in [4.78, 5) is 38.9. The molecule has 152 valence electrons. The minimum absolute atomic E-state index is 0.107. The van der Waals surface area contributed by atoms with Crippen LogP contribution in [0.15, 0.2) is 18.2 Å². The van der Waals surface area contributed by atoms with Gasteiger partial charge >= 0.3 is 6.03 Å². The number of carbonyl (C=O) groups is 3. The van der Waals surface area contributed by atoms with Gasteiger partial charge in [-0.3, -0.25) is 9.59 Å². The van der Waals surface area contributed by atoms with Gasteiger partial charge in [-0.25, -0.2) is 4.79 Å². The van der Waals surface area contributed by atoms with Gasteiger partial charge in [-0.05, 0) is 50.4 Å². The lowest BCUT2D eigenvalue weighted by Crippen LogP contribution is -2.61. The number of nitrogens with one attached hydrogen (secondary N) is 3. The quantitative estimate of drug-likeness (QED) is 0.516. The van der Waals surface area contributed by atoms with Crippen LogP contribution in [0, 0.1) is 0 Å². The van der Waals surface area contributed by atoms with Gasteiger partial charge in [-0.15, -0.1) is 0 Å². The number of piperazine rings is 1. The molecule has 0 aromatic heterocycles. The Labute approximate surface area is 173 Å². The molecule has 2 aliphatic rings. The number of nitrogens with zero attached hydrogens (tertiary/aromatic N) is 1. The van der Waals surface area contributed by atoms with E-state index in [1.165, 1.54) is 0 Å². The summed E-state index contributed by atoms with van der Waals surface area (Å²) in [6.45, 7) is 0.847. The first kappa shape index (κ1) is 20.7. The molecule has 2 heterocycles. The number of halogens is 2. The van der Waals surface area contributed by atoms with Crippen LogP contribution >= 0.6 is 23.2 Å². The minimum Gasteiger partial charge on any atom is -0.343 e. The Morgan fingerprint density at radius 3 is 2.82 bits per heavy atom. The van der Waals surface area contributed by atoms with Gasteiger partial charge in [0.15, 0.2) is 0 Å². The van der Waals surface area contributed by atoms with Gasteiger partial charge < -0.3 is 26.6 Å². The predicted molar refractivity (Wildman–Crippen MR) is 107 cm³/mol. The van der Waals surface area contributed by atoms with Crippen molar-refractivity contribution in [3.05, 3.63) is 28.2 Å². The maximum atomic E-state index is 12.7. The lowest BCUT2D eigenvalue weighted by molar-refractivity contribution is -0.147. The van der Waals surface area contributed by atoms with Crippen molar-refractivity contribution in [2.24, 2.45) is 5.73 Å². The first-order valence-electron chi connectivity index (χ1n) is 9.22. The smallest absolute Gasteiger partial charge is 0.319 e. The second-order valence-electron chi connectivity index (χ2n) is 7.01. The van der Waals surface area contributed by atoms with Gasteiger partial charge in [-0.2, -0.15) is 0 Å². The molecule has 0 spiro atoms. The van der Waals surface area contributed by atoms with E-state index in [0.29, 0.717) is 41.7 Å². The Kier molecular flexibility index (Phi) is 6.64. The maximum Gasteiger partial charge on any atom is 0.319 e. The SMILES string of the molecule is NCCCC[C@@H]1NC(=O)[C@@H]2C[C@H](NC(=O)Nc3cc(Cl)ccc3Cl)CN2C1=O. The molecule has 8 nitrogen and oxygen atoms in total.